The summed E-state index contributed by atoms with van der Waals surface area (Å²) >= 11 is 0. The van der Waals surface area contributed by atoms with Gasteiger partial charge in [0.25, 0.3) is 0 Å². The Labute approximate surface area is 199 Å². The van der Waals surface area contributed by atoms with Gasteiger partial charge in [0, 0.05) is 26.7 Å². The number of nitrogens with one attached hydrogen (secondary N) is 1. The first kappa shape index (κ1) is 31.5. The van der Waals surface area contributed by atoms with Crippen LogP contribution in [-0.4, -0.2) is 108 Å². The van der Waals surface area contributed by atoms with E-state index >= 15 is 0 Å². The molecule has 0 aromatic rings. The molecule has 0 saturated carbocycles. The molecule has 0 radical (unpaired) electrons. The summed E-state index contributed by atoms with van der Waals surface area (Å²) in [4.78, 5) is 24.9. The Bertz CT molecular complexity index is 518. The largest absolute Gasteiger partial charge is 0.460 e. The van der Waals surface area contributed by atoms with Crippen LogP contribution in [-0.2, 0) is 33.2 Å². The molecule has 0 unspecified atom stereocenters. The van der Waals surface area contributed by atoms with Crippen molar-refractivity contribution < 1.29 is 38.0 Å². The number of hydrogen-bond donors (Lipinski definition) is 1. The molecule has 0 aromatic heterocycles. The normalized spacial score (nSPS) is 12.0. The van der Waals surface area contributed by atoms with E-state index in [0.717, 1.165) is 0 Å². The second-order valence-electron chi connectivity index (χ2n) is 9.44. The van der Waals surface area contributed by atoms with Crippen LogP contribution in [0.1, 0.15) is 48.0 Å². The van der Waals surface area contributed by atoms with Gasteiger partial charge >= 0.3 is 12.1 Å². The van der Waals surface area contributed by atoms with Crippen molar-refractivity contribution in [2.75, 3.05) is 79.5 Å². The van der Waals surface area contributed by atoms with Crippen molar-refractivity contribution in [3.8, 4) is 0 Å². The fourth-order valence-electron chi connectivity index (χ4n) is 2.26. The van der Waals surface area contributed by atoms with Gasteiger partial charge in [0.1, 0.15) is 11.2 Å². The van der Waals surface area contributed by atoms with Crippen LogP contribution in [0.15, 0.2) is 0 Å². The molecule has 0 rings (SSSR count). The van der Waals surface area contributed by atoms with Gasteiger partial charge in [-0.3, -0.25) is 4.79 Å². The highest BCUT2D eigenvalue weighted by molar-refractivity contribution is 5.69. The summed E-state index contributed by atoms with van der Waals surface area (Å²) in [7, 11) is 1.72. The quantitative estimate of drug-likeness (QED) is 0.234. The SMILES string of the molecule is CN(CCNCCOCCOCCOCCOCCC(=O)OC(C)(C)C)C(=O)OC(C)(C)C. The van der Waals surface area contributed by atoms with Crippen LogP contribution in [0.25, 0.3) is 0 Å². The highest BCUT2D eigenvalue weighted by Crippen LogP contribution is 2.09. The molecule has 0 heterocycles. The number of carbonyl (C=O) groups excluding carboxylic acids is 2. The average Bonchev–Trinajstić information content (AvgIpc) is 2.67. The molecule has 0 spiro atoms. The molecule has 0 saturated heterocycles. The van der Waals surface area contributed by atoms with Crippen molar-refractivity contribution in [2.24, 2.45) is 0 Å². The van der Waals surface area contributed by atoms with Gasteiger partial charge in [0.05, 0.1) is 59.3 Å². The Kier molecular flexibility index (Phi) is 17.1. The Morgan fingerprint density at radius 3 is 1.61 bits per heavy atom. The van der Waals surface area contributed by atoms with Crippen LogP contribution < -0.4 is 5.32 Å². The molecule has 1 amide bonds. The third-order valence-electron chi connectivity index (χ3n) is 3.74. The smallest absolute Gasteiger partial charge is 0.410 e. The van der Waals surface area contributed by atoms with E-state index in [9.17, 15) is 9.59 Å². The molecule has 0 aliphatic rings. The molecule has 0 bridgehead atoms. The van der Waals surface area contributed by atoms with Crippen LogP contribution in [0.2, 0.25) is 0 Å². The lowest BCUT2D eigenvalue weighted by molar-refractivity contribution is -0.156. The lowest BCUT2D eigenvalue weighted by atomic mass is 10.2. The molecule has 33 heavy (non-hydrogen) atoms. The maximum absolute atomic E-state index is 11.8. The molecular weight excluding hydrogens is 432 g/mol. The van der Waals surface area contributed by atoms with E-state index in [1.165, 1.54) is 0 Å². The maximum atomic E-state index is 11.8. The number of likely N-dealkylation sites (N-methyl/N-ethyl adjacent to an activating group) is 1. The molecular formula is C23H46N2O8. The van der Waals surface area contributed by atoms with Crippen LogP contribution in [0.3, 0.4) is 0 Å². The van der Waals surface area contributed by atoms with Crippen molar-refractivity contribution >= 4 is 12.1 Å². The number of ether oxygens (including phenoxy) is 6. The van der Waals surface area contributed by atoms with E-state index in [1.54, 1.807) is 11.9 Å². The standard InChI is InChI=1S/C23H46N2O8/c1-22(2,3)32-20(26)8-12-28-14-16-30-18-19-31-17-15-29-13-10-24-9-11-25(7)21(27)33-23(4,5)6/h24H,8-19H2,1-7H3. The summed E-state index contributed by atoms with van der Waals surface area (Å²) in [6.07, 6.45) is -0.0913. The van der Waals surface area contributed by atoms with Gasteiger partial charge in [-0.25, -0.2) is 4.79 Å². The highest BCUT2D eigenvalue weighted by Gasteiger charge is 2.19. The Morgan fingerprint density at radius 1 is 0.667 bits per heavy atom. The maximum Gasteiger partial charge on any atom is 0.410 e. The summed E-state index contributed by atoms with van der Waals surface area (Å²) in [5, 5.41) is 3.22. The summed E-state index contributed by atoms with van der Waals surface area (Å²) in [5.74, 6) is -0.263. The van der Waals surface area contributed by atoms with Gasteiger partial charge in [-0.05, 0) is 41.5 Å². The summed E-state index contributed by atoms with van der Waals surface area (Å²) in [5.41, 5.74) is -0.955. The van der Waals surface area contributed by atoms with Crippen molar-refractivity contribution in [3.05, 3.63) is 0 Å². The van der Waals surface area contributed by atoms with E-state index in [0.29, 0.717) is 72.5 Å². The molecule has 0 atom stereocenters. The molecule has 0 aliphatic heterocycles. The van der Waals surface area contributed by atoms with Crippen molar-refractivity contribution in [1.82, 2.24) is 10.2 Å². The van der Waals surface area contributed by atoms with E-state index in [4.69, 9.17) is 28.4 Å². The molecule has 10 nitrogen and oxygen atoms in total. The molecule has 10 heteroatoms. The first-order chi connectivity index (χ1) is 15.4. The van der Waals surface area contributed by atoms with Crippen molar-refractivity contribution in [3.63, 3.8) is 0 Å². The minimum atomic E-state index is -0.486. The van der Waals surface area contributed by atoms with Crippen LogP contribution in [0.4, 0.5) is 4.79 Å². The number of rotatable bonds is 18. The van der Waals surface area contributed by atoms with E-state index < -0.39 is 11.2 Å². The van der Waals surface area contributed by atoms with Crippen molar-refractivity contribution in [2.45, 2.75) is 59.2 Å². The molecule has 0 fully saturated rings. The van der Waals surface area contributed by atoms with E-state index in [1.807, 2.05) is 41.5 Å². The molecule has 1 N–H and O–H groups in total. The van der Waals surface area contributed by atoms with Crippen LogP contribution in [0.5, 0.6) is 0 Å². The average molecular weight is 479 g/mol. The number of hydrogen-bond acceptors (Lipinski definition) is 9. The van der Waals surface area contributed by atoms with Crippen LogP contribution in [0, 0.1) is 0 Å². The van der Waals surface area contributed by atoms with E-state index in [2.05, 4.69) is 5.32 Å². The lowest BCUT2D eigenvalue weighted by Gasteiger charge is -2.24. The second-order valence-corrected chi connectivity index (χ2v) is 9.44. The summed E-state index contributed by atoms with van der Waals surface area (Å²) in [6.45, 7) is 16.7. The predicted octanol–water partition coefficient (Wildman–Crippen LogP) is 2.24. The Morgan fingerprint density at radius 2 is 1.12 bits per heavy atom. The van der Waals surface area contributed by atoms with Crippen molar-refractivity contribution in [1.29, 1.82) is 0 Å². The molecule has 0 aliphatic carbocycles. The number of nitrogens with zero attached hydrogens (tertiary/aromatic N) is 1. The summed E-state index contributed by atoms with van der Waals surface area (Å²) in [6, 6.07) is 0. The first-order valence-corrected chi connectivity index (χ1v) is 11.6. The number of esters is 1. The zero-order valence-corrected chi connectivity index (χ0v) is 21.7. The monoisotopic (exact) mass is 478 g/mol. The van der Waals surface area contributed by atoms with Crippen LogP contribution >= 0.6 is 0 Å². The fraction of sp³-hybridized carbons (Fsp3) is 0.913. The highest BCUT2D eigenvalue weighted by atomic mass is 16.6. The van der Waals surface area contributed by atoms with Gasteiger partial charge in [-0.2, -0.15) is 0 Å². The number of carbonyl (C=O) groups is 2. The third-order valence-corrected chi connectivity index (χ3v) is 3.74. The van der Waals surface area contributed by atoms with Gasteiger partial charge in [-0.15, -0.1) is 0 Å². The zero-order chi connectivity index (χ0) is 25.2. The summed E-state index contributed by atoms with van der Waals surface area (Å²) < 4.78 is 32.1. The predicted molar refractivity (Wildman–Crippen MR) is 125 cm³/mol. The topological polar surface area (TPSA) is 105 Å². The van der Waals surface area contributed by atoms with Gasteiger partial charge in [-0.1, -0.05) is 0 Å². The Balaban J connectivity index is 3.32. The van der Waals surface area contributed by atoms with Gasteiger partial charge in [0.15, 0.2) is 0 Å². The number of amides is 1. The fourth-order valence-corrected chi connectivity index (χ4v) is 2.26. The minimum Gasteiger partial charge on any atom is -0.460 e. The molecule has 0 aromatic carbocycles. The Hall–Kier alpha value is -1.46. The van der Waals surface area contributed by atoms with E-state index in [-0.39, 0.29) is 18.5 Å². The second kappa shape index (κ2) is 17.9. The minimum absolute atomic E-state index is 0.235. The van der Waals surface area contributed by atoms with Gasteiger partial charge in [0.2, 0.25) is 0 Å². The first-order valence-electron chi connectivity index (χ1n) is 11.6. The zero-order valence-electron chi connectivity index (χ0n) is 21.7. The lowest BCUT2D eigenvalue weighted by Crippen LogP contribution is -2.38. The molecule has 196 valence electrons. The van der Waals surface area contributed by atoms with Gasteiger partial charge < -0.3 is 38.6 Å². The third kappa shape index (κ3) is 23.5.